The molecule has 17 heavy (non-hydrogen) atoms. The van der Waals surface area contributed by atoms with Crippen LogP contribution in [0, 0.1) is 12.8 Å². The molecular formula is C15H23NO. The maximum atomic E-state index is 9.01. The van der Waals surface area contributed by atoms with E-state index in [1.165, 1.54) is 30.5 Å². The summed E-state index contributed by atoms with van der Waals surface area (Å²) in [7, 11) is 0. The number of hydrogen-bond donors (Lipinski definition) is 1. The highest BCUT2D eigenvalue weighted by molar-refractivity contribution is 5.22. The highest BCUT2D eigenvalue weighted by Crippen LogP contribution is 2.21. The number of nitrogens with zero attached hydrogens (tertiary/aromatic N) is 1. The molecule has 1 atom stereocenters. The first-order valence-corrected chi connectivity index (χ1v) is 6.66. The molecule has 0 bridgehead atoms. The van der Waals surface area contributed by atoms with Crippen LogP contribution in [0.25, 0.3) is 0 Å². The standard InChI is InChI=1S/C15H23NO/c1-13-4-2-5-15(10-13)12-16-8-3-6-14(11-16)7-9-17/h2,4-5,10,14,17H,3,6-9,11-12H2,1H3. The Hall–Kier alpha value is -0.860. The van der Waals surface area contributed by atoms with Crippen molar-refractivity contribution in [2.75, 3.05) is 19.7 Å². The highest BCUT2D eigenvalue weighted by Gasteiger charge is 2.19. The number of aliphatic hydroxyl groups is 1. The molecular weight excluding hydrogens is 210 g/mol. The summed E-state index contributed by atoms with van der Waals surface area (Å²) < 4.78 is 0. The lowest BCUT2D eigenvalue weighted by Gasteiger charge is -2.32. The fourth-order valence-corrected chi connectivity index (χ4v) is 2.78. The summed E-state index contributed by atoms with van der Waals surface area (Å²) in [5.74, 6) is 0.693. The molecule has 2 nitrogen and oxygen atoms in total. The van der Waals surface area contributed by atoms with Crippen LogP contribution < -0.4 is 0 Å². The molecule has 0 saturated carbocycles. The molecule has 0 aromatic heterocycles. The largest absolute Gasteiger partial charge is 0.396 e. The zero-order valence-electron chi connectivity index (χ0n) is 10.7. The van der Waals surface area contributed by atoms with Gasteiger partial charge in [-0.3, -0.25) is 4.90 Å². The summed E-state index contributed by atoms with van der Waals surface area (Å²) in [5, 5.41) is 9.01. The van der Waals surface area contributed by atoms with Gasteiger partial charge in [-0.25, -0.2) is 0 Å². The van der Waals surface area contributed by atoms with Crippen molar-refractivity contribution >= 4 is 0 Å². The van der Waals surface area contributed by atoms with Gasteiger partial charge in [-0.05, 0) is 44.2 Å². The molecule has 0 spiro atoms. The predicted molar refractivity (Wildman–Crippen MR) is 70.9 cm³/mol. The molecule has 2 rings (SSSR count). The van der Waals surface area contributed by atoms with Crippen LogP contribution >= 0.6 is 0 Å². The van der Waals surface area contributed by atoms with Crippen molar-refractivity contribution in [1.82, 2.24) is 4.90 Å². The summed E-state index contributed by atoms with van der Waals surface area (Å²) in [6, 6.07) is 8.77. The first-order valence-electron chi connectivity index (χ1n) is 6.66. The van der Waals surface area contributed by atoms with Gasteiger partial charge < -0.3 is 5.11 Å². The quantitative estimate of drug-likeness (QED) is 0.864. The molecule has 0 radical (unpaired) electrons. The van der Waals surface area contributed by atoms with E-state index in [-0.39, 0.29) is 0 Å². The minimum atomic E-state index is 0.336. The fourth-order valence-electron chi connectivity index (χ4n) is 2.78. The molecule has 1 aromatic rings. The molecule has 1 N–H and O–H groups in total. The van der Waals surface area contributed by atoms with E-state index in [0.29, 0.717) is 12.5 Å². The van der Waals surface area contributed by atoms with Crippen molar-refractivity contribution in [3.05, 3.63) is 35.4 Å². The molecule has 1 aliphatic rings. The first kappa shape index (κ1) is 12.6. The number of piperidine rings is 1. The average molecular weight is 233 g/mol. The van der Waals surface area contributed by atoms with Crippen molar-refractivity contribution in [2.45, 2.75) is 32.7 Å². The van der Waals surface area contributed by atoms with Crippen molar-refractivity contribution in [1.29, 1.82) is 0 Å². The van der Waals surface area contributed by atoms with Crippen LogP contribution in [0.5, 0.6) is 0 Å². The number of hydrogen-bond acceptors (Lipinski definition) is 2. The zero-order chi connectivity index (χ0) is 12.1. The molecule has 1 aromatic carbocycles. The van der Waals surface area contributed by atoms with Gasteiger partial charge in [0.25, 0.3) is 0 Å². The molecule has 1 aliphatic heterocycles. The molecule has 1 unspecified atom stereocenters. The maximum absolute atomic E-state index is 9.01. The molecule has 0 amide bonds. The lowest BCUT2D eigenvalue weighted by Crippen LogP contribution is -2.35. The molecule has 1 saturated heterocycles. The minimum absolute atomic E-state index is 0.336. The van der Waals surface area contributed by atoms with Gasteiger partial charge in [0.05, 0.1) is 0 Å². The third kappa shape index (κ3) is 3.83. The molecule has 1 fully saturated rings. The summed E-state index contributed by atoms with van der Waals surface area (Å²) in [6.45, 7) is 5.89. The minimum Gasteiger partial charge on any atom is -0.396 e. The second-order valence-corrected chi connectivity index (χ2v) is 5.24. The third-order valence-electron chi connectivity index (χ3n) is 3.63. The van der Waals surface area contributed by atoms with Gasteiger partial charge in [-0.1, -0.05) is 29.8 Å². The van der Waals surface area contributed by atoms with E-state index in [0.717, 1.165) is 19.5 Å². The van der Waals surface area contributed by atoms with Gasteiger partial charge in [0.15, 0.2) is 0 Å². The summed E-state index contributed by atoms with van der Waals surface area (Å²) >= 11 is 0. The Balaban J connectivity index is 1.90. The number of likely N-dealkylation sites (tertiary alicyclic amines) is 1. The monoisotopic (exact) mass is 233 g/mol. The summed E-state index contributed by atoms with van der Waals surface area (Å²) in [5.41, 5.74) is 2.75. The van der Waals surface area contributed by atoms with E-state index in [4.69, 9.17) is 5.11 Å². The second-order valence-electron chi connectivity index (χ2n) is 5.24. The van der Waals surface area contributed by atoms with Crippen LogP contribution in [0.2, 0.25) is 0 Å². The van der Waals surface area contributed by atoms with Crippen LogP contribution in [0.3, 0.4) is 0 Å². The van der Waals surface area contributed by atoms with Crippen molar-refractivity contribution in [3.8, 4) is 0 Å². The summed E-state index contributed by atoms with van der Waals surface area (Å²) in [6.07, 6.45) is 3.52. The van der Waals surface area contributed by atoms with Crippen LogP contribution in [0.4, 0.5) is 0 Å². The molecule has 94 valence electrons. The highest BCUT2D eigenvalue weighted by atomic mass is 16.3. The van der Waals surface area contributed by atoms with Crippen LogP contribution in [0.1, 0.15) is 30.4 Å². The van der Waals surface area contributed by atoms with Gasteiger partial charge in [0.2, 0.25) is 0 Å². The number of aliphatic hydroxyl groups excluding tert-OH is 1. The SMILES string of the molecule is Cc1cccc(CN2CCCC(CCO)C2)c1. The second kappa shape index (κ2) is 6.18. The number of rotatable bonds is 4. The van der Waals surface area contributed by atoms with Crippen molar-refractivity contribution in [2.24, 2.45) is 5.92 Å². The van der Waals surface area contributed by atoms with Gasteiger partial charge in [-0.15, -0.1) is 0 Å². The Bertz CT molecular complexity index is 349. The van der Waals surface area contributed by atoms with Crippen LogP contribution in [-0.4, -0.2) is 29.7 Å². The Kier molecular flexibility index (Phi) is 4.57. The van der Waals surface area contributed by atoms with Gasteiger partial charge in [0.1, 0.15) is 0 Å². The zero-order valence-corrected chi connectivity index (χ0v) is 10.7. The molecule has 1 heterocycles. The third-order valence-corrected chi connectivity index (χ3v) is 3.63. The first-order chi connectivity index (χ1) is 8.28. The van der Waals surface area contributed by atoms with Crippen molar-refractivity contribution < 1.29 is 5.11 Å². The summed E-state index contributed by atoms with van der Waals surface area (Å²) in [4.78, 5) is 2.53. The smallest absolute Gasteiger partial charge is 0.0434 e. The van der Waals surface area contributed by atoms with Crippen molar-refractivity contribution in [3.63, 3.8) is 0 Å². The maximum Gasteiger partial charge on any atom is 0.0434 e. The normalized spacial score (nSPS) is 21.6. The van der Waals surface area contributed by atoms with Gasteiger partial charge >= 0.3 is 0 Å². The predicted octanol–water partition coefficient (Wildman–Crippen LogP) is 2.59. The van der Waals surface area contributed by atoms with E-state index in [1.807, 2.05) is 0 Å². The molecule has 0 aliphatic carbocycles. The number of aryl methyl sites for hydroxylation is 1. The van der Waals surface area contributed by atoms with E-state index in [9.17, 15) is 0 Å². The van der Waals surface area contributed by atoms with Crippen LogP contribution in [-0.2, 0) is 6.54 Å². The van der Waals surface area contributed by atoms with Gasteiger partial charge in [-0.2, -0.15) is 0 Å². The lowest BCUT2D eigenvalue weighted by molar-refractivity contribution is 0.142. The Morgan fingerprint density at radius 3 is 3.06 bits per heavy atom. The Labute approximate surface area is 104 Å². The molecule has 2 heteroatoms. The topological polar surface area (TPSA) is 23.5 Å². The van der Waals surface area contributed by atoms with E-state index < -0.39 is 0 Å². The lowest BCUT2D eigenvalue weighted by atomic mass is 9.95. The Morgan fingerprint density at radius 1 is 1.41 bits per heavy atom. The van der Waals surface area contributed by atoms with E-state index >= 15 is 0 Å². The average Bonchev–Trinajstić information content (AvgIpc) is 2.30. The Morgan fingerprint density at radius 2 is 2.29 bits per heavy atom. The van der Waals surface area contributed by atoms with Gasteiger partial charge in [0, 0.05) is 19.7 Å². The van der Waals surface area contributed by atoms with E-state index in [2.05, 4.69) is 36.1 Å². The fraction of sp³-hybridized carbons (Fsp3) is 0.600. The van der Waals surface area contributed by atoms with E-state index in [1.54, 1.807) is 0 Å². The van der Waals surface area contributed by atoms with Crippen LogP contribution in [0.15, 0.2) is 24.3 Å². The number of benzene rings is 1.